The van der Waals surface area contributed by atoms with Crippen molar-refractivity contribution in [1.82, 2.24) is 14.6 Å². The molecule has 0 bridgehead atoms. The Bertz CT molecular complexity index is 556. The van der Waals surface area contributed by atoms with Gasteiger partial charge < -0.3 is 15.0 Å². The van der Waals surface area contributed by atoms with Gasteiger partial charge in [-0.3, -0.25) is 0 Å². The van der Waals surface area contributed by atoms with Crippen molar-refractivity contribution in [2.24, 2.45) is 0 Å². The number of hydrogen-bond donors (Lipinski definition) is 2. The normalized spacial score (nSPS) is 24.3. The summed E-state index contributed by atoms with van der Waals surface area (Å²) >= 11 is 0. The number of nitrogens with one attached hydrogen (secondary N) is 2. The highest BCUT2D eigenvalue weighted by Crippen LogP contribution is 2.24. The van der Waals surface area contributed by atoms with E-state index in [9.17, 15) is 8.42 Å². The number of rotatable bonds is 6. The quantitative estimate of drug-likeness (QED) is 0.830. The highest BCUT2D eigenvalue weighted by atomic mass is 32.2. The minimum Gasteiger partial charge on any atom is -0.375 e. The molecule has 1 fully saturated rings. The van der Waals surface area contributed by atoms with Crippen LogP contribution in [0, 0.1) is 0 Å². The third kappa shape index (κ3) is 3.66. The molecule has 1 aromatic heterocycles. The van der Waals surface area contributed by atoms with Gasteiger partial charge >= 0.3 is 0 Å². The van der Waals surface area contributed by atoms with Crippen LogP contribution in [0.5, 0.6) is 0 Å². The highest BCUT2D eigenvalue weighted by Gasteiger charge is 2.35. The van der Waals surface area contributed by atoms with Crippen molar-refractivity contribution < 1.29 is 13.2 Å². The van der Waals surface area contributed by atoms with Crippen LogP contribution in [0.2, 0.25) is 0 Å². The predicted octanol–water partition coefficient (Wildman–Crippen LogP) is 1.31. The number of aromatic nitrogens is 1. The molecule has 1 aromatic rings. The van der Waals surface area contributed by atoms with Gasteiger partial charge in [-0.15, -0.1) is 0 Å². The summed E-state index contributed by atoms with van der Waals surface area (Å²) in [7, 11) is -3.47. The summed E-state index contributed by atoms with van der Waals surface area (Å²) in [4.78, 5) is 3.37. The maximum absolute atomic E-state index is 12.8. The zero-order chi connectivity index (χ0) is 15.5. The molecule has 7 heteroatoms. The minimum absolute atomic E-state index is 0.0669. The van der Waals surface area contributed by atoms with Gasteiger partial charge in [-0.2, -0.15) is 4.31 Å². The lowest BCUT2D eigenvalue weighted by Gasteiger charge is -2.36. The zero-order valence-electron chi connectivity index (χ0n) is 12.9. The average Bonchev–Trinajstić information content (AvgIpc) is 2.94. The Kier molecular flexibility index (Phi) is 5.43. The van der Waals surface area contributed by atoms with E-state index >= 15 is 0 Å². The molecule has 0 spiro atoms. The molecule has 2 atom stereocenters. The zero-order valence-corrected chi connectivity index (χ0v) is 13.7. The van der Waals surface area contributed by atoms with E-state index in [2.05, 4.69) is 10.3 Å². The van der Waals surface area contributed by atoms with Crippen LogP contribution in [-0.2, 0) is 21.3 Å². The smallest absolute Gasteiger partial charge is 0.245 e. The van der Waals surface area contributed by atoms with Gasteiger partial charge in [-0.25, -0.2) is 8.42 Å². The number of ether oxygens (including phenoxy) is 1. The predicted molar refractivity (Wildman–Crippen MR) is 81.6 cm³/mol. The Morgan fingerprint density at radius 2 is 2.24 bits per heavy atom. The molecule has 0 radical (unpaired) electrons. The number of aromatic amines is 1. The lowest BCUT2D eigenvalue weighted by atomic mass is 10.2. The molecule has 0 amide bonds. The number of hydrogen-bond acceptors (Lipinski definition) is 4. The monoisotopic (exact) mass is 315 g/mol. The Balaban J connectivity index is 2.21. The van der Waals surface area contributed by atoms with Gasteiger partial charge in [0.15, 0.2) is 0 Å². The summed E-state index contributed by atoms with van der Waals surface area (Å²) in [6.07, 6.45) is 2.26. The molecule has 1 saturated heterocycles. The van der Waals surface area contributed by atoms with Crippen molar-refractivity contribution in [3.05, 3.63) is 18.0 Å². The topological polar surface area (TPSA) is 74.4 Å². The van der Waals surface area contributed by atoms with E-state index in [0.717, 1.165) is 18.7 Å². The van der Waals surface area contributed by atoms with E-state index in [0.29, 0.717) is 24.6 Å². The maximum Gasteiger partial charge on any atom is 0.245 e. The molecule has 6 nitrogen and oxygen atoms in total. The van der Waals surface area contributed by atoms with E-state index < -0.39 is 10.0 Å². The second-order valence-electron chi connectivity index (χ2n) is 5.42. The molecule has 0 saturated carbocycles. The fraction of sp³-hybridized carbons (Fsp3) is 0.714. The average molecular weight is 315 g/mol. The van der Waals surface area contributed by atoms with Crippen LogP contribution >= 0.6 is 0 Å². The molecule has 2 N–H and O–H groups in total. The van der Waals surface area contributed by atoms with Crippen LogP contribution < -0.4 is 5.32 Å². The first-order chi connectivity index (χ1) is 9.98. The van der Waals surface area contributed by atoms with E-state index in [1.165, 1.54) is 0 Å². The van der Waals surface area contributed by atoms with Crippen molar-refractivity contribution in [3.8, 4) is 0 Å². The van der Waals surface area contributed by atoms with E-state index in [1.54, 1.807) is 16.6 Å². The van der Waals surface area contributed by atoms with Crippen molar-refractivity contribution >= 4 is 10.0 Å². The maximum atomic E-state index is 12.8. The second-order valence-corrected chi connectivity index (χ2v) is 7.31. The summed E-state index contributed by atoms with van der Waals surface area (Å²) in [5, 5.41) is 3.18. The van der Waals surface area contributed by atoms with Crippen molar-refractivity contribution in [2.45, 2.75) is 50.8 Å². The largest absolute Gasteiger partial charge is 0.375 e. The summed E-state index contributed by atoms with van der Waals surface area (Å²) in [5.74, 6) is 0. The van der Waals surface area contributed by atoms with Crippen LogP contribution in [0.4, 0.5) is 0 Å². The summed E-state index contributed by atoms with van der Waals surface area (Å²) in [6, 6.07) is 1.63. The summed E-state index contributed by atoms with van der Waals surface area (Å²) in [5.41, 5.74) is 0.879. The van der Waals surface area contributed by atoms with Crippen LogP contribution in [0.25, 0.3) is 0 Å². The number of morpholine rings is 1. The molecule has 2 rings (SSSR count). The molecule has 120 valence electrons. The minimum atomic E-state index is -3.47. The fourth-order valence-electron chi connectivity index (χ4n) is 2.49. The molecule has 2 unspecified atom stereocenters. The molecule has 21 heavy (non-hydrogen) atoms. The molecular weight excluding hydrogens is 290 g/mol. The Morgan fingerprint density at radius 1 is 1.48 bits per heavy atom. The van der Waals surface area contributed by atoms with Crippen molar-refractivity contribution in [3.63, 3.8) is 0 Å². The highest BCUT2D eigenvalue weighted by molar-refractivity contribution is 7.89. The lowest BCUT2D eigenvalue weighted by Crippen LogP contribution is -2.51. The standard InChI is InChI=1S/C14H25N3O3S/c1-4-13-10-20-11(3)9-17(13)21(18,19)14-6-12(16-8-14)7-15-5-2/h6,8,11,13,15-16H,4-5,7,9-10H2,1-3H3. The lowest BCUT2D eigenvalue weighted by molar-refractivity contribution is -0.0230. The van der Waals surface area contributed by atoms with Gasteiger partial charge in [-0.1, -0.05) is 13.8 Å². The van der Waals surface area contributed by atoms with Gasteiger partial charge in [0.05, 0.1) is 17.6 Å². The number of sulfonamides is 1. The summed E-state index contributed by atoms with van der Waals surface area (Å²) in [6.45, 7) is 8.27. The number of H-pyrrole nitrogens is 1. The summed E-state index contributed by atoms with van der Waals surface area (Å²) < 4.78 is 32.8. The Hall–Kier alpha value is -0.890. The molecular formula is C14H25N3O3S. The first kappa shape index (κ1) is 16.5. The third-order valence-corrected chi connectivity index (χ3v) is 5.67. The van der Waals surface area contributed by atoms with Gasteiger partial charge in [0.25, 0.3) is 0 Å². The van der Waals surface area contributed by atoms with Crippen LogP contribution in [-0.4, -0.2) is 49.5 Å². The Labute approximate surface area is 126 Å². The van der Waals surface area contributed by atoms with E-state index in [-0.39, 0.29) is 12.1 Å². The molecule has 1 aliphatic heterocycles. The third-order valence-electron chi connectivity index (χ3n) is 3.78. The SMILES string of the molecule is CCNCc1cc(S(=O)(=O)N2CC(C)OCC2CC)c[nH]1. The fourth-order valence-corrected chi connectivity index (χ4v) is 4.27. The van der Waals surface area contributed by atoms with Crippen LogP contribution in [0.3, 0.4) is 0 Å². The van der Waals surface area contributed by atoms with Gasteiger partial charge in [0, 0.05) is 31.0 Å². The Morgan fingerprint density at radius 3 is 2.90 bits per heavy atom. The second kappa shape index (κ2) is 6.91. The van der Waals surface area contributed by atoms with Gasteiger partial charge in [0.2, 0.25) is 10.0 Å². The van der Waals surface area contributed by atoms with Crippen LogP contribution in [0.15, 0.2) is 17.2 Å². The molecule has 2 heterocycles. The first-order valence-corrected chi connectivity index (χ1v) is 8.94. The van der Waals surface area contributed by atoms with E-state index in [4.69, 9.17) is 4.74 Å². The molecule has 0 aliphatic carbocycles. The van der Waals surface area contributed by atoms with E-state index in [1.807, 2.05) is 20.8 Å². The van der Waals surface area contributed by atoms with Crippen LogP contribution in [0.1, 0.15) is 32.9 Å². The van der Waals surface area contributed by atoms with Crippen molar-refractivity contribution in [1.29, 1.82) is 0 Å². The molecule has 1 aliphatic rings. The van der Waals surface area contributed by atoms with Gasteiger partial charge in [-0.05, 0) is 26.0 Å². The van der Waals surface area contributed by atoms with Crippen molar-refractivity contribution in [2.75, 3.05) is 19.7 Å². The first-order valence-electron chi connectivity index (χ1n) is 7.50. The molecule has 0 aromatic carbocycles. The number of nitrogens with zero attached hydrogens (tertiary/aromatic N) is 1. The van der Waals surface area contributed by atoms with Gasteiger partial charge in [0.1, 0.15) is 0 Å².